The van der Waals surface area contributed by atoms with E-state index in [4.69, 9.17) is 17.3 Å². The lowest BCUT2D eigenvalue weighted by atomic mass is 10.0. The van der Waals surface area contributed by atoms with Crippen LogP contribution in [0.25, 0.3) is 0 Å². The maximum Gasteiger partial charge on any atom is 0.123 e. The van der Waals surface area contributed by atoms with E-state index in [1.54, 1.807) is 17.4 Å². The Kier molecular flexibility index (Phi) is 3.52. The molecule has 17 heavy (non-hydrogen) atoms. The number of rotatable bonds is 2. The second kappa shape index (κ2) is 4.77. The van der Waals surface area contributed by atoms with Gasteiger partial charge in [-0.15, -0.1) is 11.3 Å². The number of thiophene rings is 1. The summed E-state index contributed by atoms with van der Waals surface area (Å²) >= 11 is 7.73. The average molecular weight is 270 g/mol. The number of nitrogens with two attached hydrogens (primary N) is 1. The maximum atomic E-state index is 13.0. The zero-order valence-corrected chi connectivity index (χ0v) is 11.2. The van der Waals surface area contributed by atoms with Crippen LogP contribution in [0.1, 0.15) is 27.6 Å². The third-order valence-electron chi connectivity index (χ3n) is 2.77. The van der Waals surface area contributed by atoms with Crippen LogP contribution in [0.15, 0.2) is 23.6 Å². The molecule has 2 N–H and O–H groups in total. The van der Waals surface area contributed by atoms with E-state index in [0.29, 0.717) is 5.02 Å². The van der Waals surface area contributed by atoms with Crippen LogP contribution in [-0.2, 0) is 0 Å². The summed E-state index contributed by atoms with van der Waals surface area (Å²) in [6.45, 7) is 3.80. The van der Waals surface area contributed by atoms with Crippen molar-refractivity contribution in [2.75, 3.05) is 0 Å². The Morgan fingerprint density at radius 3 is 2.53 bits per heavy atom. The third-order valence-corrected chi connectivity index (χ3v) is 4.57. The van der Waals surface area contributed by atoms with Gasteiger partial charge in [0.1, 0.15) is 5.82 Å². The van der Waals surface area contributed by atoms with Gasteiger partial charge >= 0.3 is 0 Å². The summed E-state index contributed by atoms with van der Waals surface area (Å²) in [5, 5.41) is 2.70. The van der Waals surface area contributed by atoms with Gasteiger partial charge in [-0.3, -0.25) is 0 Å². The second-order valence-electron chi connectivity index (χ2n) is 4.08. The van der Waals surface area contributed by atoms with E-state index in [1.807, 2.05) is 19.2 Å². The summed E-state index contributed by atoms with van der Waals surface area (Å²) in [4.78, 5) is 0.930. The third kappa shape index (κ3) is 2.37. The number of benzene rings is 1. The van der Waals surface area contributed by atoms with E-state index in [2.05, 4.69) is 0 Å². The predicted octanol–water partition coefficient (Wildman–Crippen LogP) is 4.21. The van der Waals surface area contributed by atoms with Crippen molar-refractivity contribution in [3.63, 3.8) is 0 Å². The molecule has 1 unspecified atom stereocenters. The van der Waals surface area contributed by atoms with Gasteiger partial charge in [0.05, 0.1) is 11.1 Å². The summed E-state index contributed by atoms with van der Waals surface area (Å²) in [7, 11) is 0. The molecule has 1 aromatic heterocycles. The molecule has 0 aliphatic carbocycles. The average Bonchev–Trinajstić information content (AvgIpc) is 2.59. The summed E-state index contributed by atoms with van der Waals surface area (Å²) in [5.74, 6) is -0.244. The van der Waals surface area contributed by atoms with Crippen molar-refractivity contribution in [2.24, 2.45) is 5.73 Å². The fourth-order valence-corrected chi connectivity index (χ4v) is 3.12. The Morgan fingerprint density at radius 1 is 1.29 bits per heavy atom. The van der Waals surface area contributed by atoms with Crippen LogP contribution >= 0.6 is 22.9 Å². The number of aryl methyl sites for hydroxylation is 2. The molecule has 0 aliphatic rings. The van der Waals surface area contributed by atoms with E-state index in [9.17, 15) is 4.39 Å². The van der Waals surface area contributed by atoms with E-state index < -0.39 is 0 Å². The van der Waals surface area contributed by atoms with Crippen molar-refractivity contribution < 1.29 is 4.39 Å². The zero-order chi connectivity index (χ0) is 12.6. The molecule has 0 fully saturated rings. The molecular formula is C13H13ClFNS. The summed E-state index contributed by atoms with van der Waals surface area (Å²) in [5.41, 5.74) is 8.97. The fourth-order valence-electron chi connectivity index (χ4n) is 1.79. The lowest BCUT2D eigenvalue weighted by molar-refractivity contribution is 0.625. The van der Waals surface area contributed by atoms with E-state index >= 15 is 0 Å². The summed E-state index contributed by atoms with van der Waals surface area (Å²) in [6, 6.07) is 4.35. The SMILES string of the molecule is Cc1cc(F)ccc1C(N)c1scc(C)c1Cl. The highest BCUT2D eigenvalue weighted by molar-refractivity contribution is 7.10. The standard InChI is InChI=1S/C13H13ClFNS/c1-7-5-9(15)3-4-10(7)12(16)13-11(14)8(2)6-17-13/h3-6,12H,16H2,1-2H3. The molecule has 0 spiro atoms. The Labute approximate surface area is 109 Å². The first kappa shape index (κ1) is 12.6. The highest BCUT2D eigenvalue weighted by Gasteiger charge is 2.17. The molecular weight excluding hydrogens is 257 g/mol. The molecule has 1 atom stereocenters. The smallest absolute Gasteiger partial charge is 0.123 e. The Morgan fingerprint density at radius 2 is 2.00 bits per heavy atom. The molecule has 1 heterocycles. The highest BCUT2D eigenvalue weighted by atomic mass is 35.5. The molecule has 0 saturated heterocycles. The predicted molar refractivity (Wildman–Crippen MR) is 71.2 cm³/mol. The highest BCUT2D eigenvalue weighted by Crippen LogP contribution is 2.35. The lowest BCUT2D eigenvalue weighted by Crippen LogP contribution is -2.12. The number of hydrogen-bond acceptors (Lipinski definition) is 2. The quantitative estimate of drug-likeness (QED) is 0.869. The van der Waals surface area contributed by atoms with Gasteiger partial charge in [0.25, 0.3) is 0 Å². The minimum atomic E-state index is -0.290. The molecule has 0 radical (unpaired) electrons. The van der Waals surface area contributed by atoms with Gasteiger partial charge in [0, 0.05) is 4.88 Å². The minimum Gasteiger partial charge on any atom is -0.320 e. The Bertz CT molecular complexity index is 550. The van der Waals surface area contributed by atoms with E-state index in [1.165, 1.54) is 12.1 Å². The summed E-state index contributed by atoms with van der Waals surface area (Å²) in [6.07, 6.45) is 0. The molecule has 0 amide bonds. The first-order valence-corrected chi connectivity index (χ1v) is 6.51. The van der Waals surface area contributed by atoms with Gasteiger partial charge in [-0.1, -0.05) is 17.7 Å². The molecule has 1 nitrogen and oxygen atoms in total. The van der Waals surface area contributed by atoms with Crippen LogP contribution in [0.3, 0.4) is 0 Å². The fraction of sp³-hybridized carbons (Fsp3) is 0.231. The Balaban J connectivity index is 2.43. The monoisotopic (exact) mass is 269 g/mol. The molecule has 2 rings (SSSR count). The van der Waals surface area contributed by atoms with Crippen LogP contribution < -0.4 is 5.73 Å². The lowest BCUT2D eigenvalue weighted by Gasteiger charge is -2.14. The molecule has 90 valence electrons. The van der Waals surface area contributed by atoms with Crippen molar-refractivity contribution in [3.05, 3.63) is 56.0 Å². The van der Waals surface area contributed by atoms with Gasteiger partial charge in [0.15, 0.2) is 0 Å². The molecule has 0 aliphatic heterocycles. The van der Waals surface area contributed by atoms with Crippen LogP contribution in [0.4, 0.5) is 4.39 Å². The van der Waals surface area contributed by atoms with Gasteiger partial charge in [0.2, 0.25) is 0 Å². The van der Waals surface area contributed by atoms with Crippen LogP contribution in [0.5, 0.6) is 0 Å². The topological polar surface area (TPSA) is 26.0 Å². The van der Waals surface area contributed by atoms with Crippen molar-refractivity contribution in [2.45, 2.75) is 19.9 Å². The summed E-state index contributed by atoms with van der Waals surface area (Å²) < 4.78 is 13.0. The molecule has 0 saturated carbocycles. The molecule has 4 heteroatoms. The van der Waals surface area contributed by atoms with Crippen LogP contribution in [0, 0.1) is 19.7 Å². The van der Waals surface area contributed by atoms with Gasteiger partial charge in [-0.05, 0) is 48.1 Å². The van der Waals surface area contributed by atoms with Gasteiger partial charge in [-0.2, -0.15) is 0 Å². The molecule has 2 aromatic rings. The molecule has 0 bridgehead atoms. The van der Waals surface area contributed by atoms with E-state index in [0.717, 1.165) is 21.6 Å². The normalized spacial score (nSPS) is 12.8. The van der Waals surface area contributed by atoms with Crippen molar-refractivity contribution in [1.82, 2.24) is 0 Å². The van der Waals surface area contributed by atoms with Crippen LogP contribution in [0.2, 0.25) is 5.02 Å². The van der Waals surface area contributed by atoms with E-state index in [-0.39, 0.29) is 11.9 Å². The van der Waals surface area contributed by atoms with Crippen molar-refractivity contribution in [1.29, 1.82) is 0 Å². The number of halogens is 2. The van der Waals surface area contributed by atoms with Gasteiger partial charge < -0.3 is 5.73 Å². The largest absolute Gasteiger partial charge is 0.320 e. The van der Waals surface area contributed by atoms with Crippen molar-refractivity contribution in [3.8, 4) is 0 Å². The minimum absolute atomic E-state index is 0.244. The van der Waals surface area contributed by atoms with Crippen LogP contribution in [-0.4, -0.2) is 0 Å². The number of hydrogen-bond donors (Lipinski definition) is 1. The zero-order valence-electron chi connectivity index (χ0n) is 9.63. The molecule has 1 aromatic carbocycles. The maximum absolute atomic E-state index is 13.0. The second-order valence-corrected chi connectivity index (χ2v) is 5.36. The van der Waals surface area contributed by atoms with Crippen molar-refractivity contribution >= 4 is 22.9 Å². The van der Waals surface area contributed by atoms with Gasteiger partial charge in [-0.25, -0.2) is 4.39 Å². The Hall–Kier alpha value is -0.900. The first-order chi connectivity index (χ1) is 8.00. The first-order valence-electron chi connectivity index (χ1n) is 5.26.